The lowest BCUT2D eigenvalue weighted by atomic mass is 9.84. The normalized spacial score (nSPS) is 20.5. The van der Waals surface area contributed by atoms with Gasteiger partial charge in [0.05, 0.1) is 46.6 Å². The Balaban J connectivity index is 1.43. The highest BCUT2D eigenvalue weighted by Crippen LogP contribution is 2.40. The summed E-state index contributed by atoms with van der Waals surface area (Å²) in [5, 5.41) is 6.69. The van der Waals surface area contributed by atoms with Crippen molar-refractivity contribution < 1.29 is 17.9 Å². The molecule has 0 bridgehead atoms. The number of ether oxygens (including phenoxy) is 2. The fourth-order valence-electron chi connectivity index (χ4n) is 5.90. The Morgan fingerprint density at radius 1 is 0.932 bits per heavy atom. The van der Waals surface area contributed by atoms with Gasteiger partial charge in [0.25, 0.3) is 0 Å². The Hall–Kier alpha value is -3.61. The SMILES string of the molecule is Cc1ncc(Nc2cc(Nc3ccc(C4CCC(C)(C)CO4)cc3S(C)(=O)=O)c3nc(C)n(C4CCCCO4)c3n2)nc1C. The maximum absolute atomic E-state index is 13.1. The summed E-state index contributed by atoms with van der Waals surface area (Å²) in [6, 6.07) is 7.33. The van der Waals surface area contributed by atoms with Gasteiger partial charge in [-0.1, -0.05) is 19.9 Å². The molecule has 1 aromatic carbocycles. The third kappa shape index (κ3) is 6.29. The minimum absolute atomic E-state index is 0.114. The zero-order valence-corrected chi connectivity index (χ0v) is 27.1. The summed E-state index contributed by atoms with van der Waals surface area (Å²) in [6.45, 7) is 11.4. The van der Waals surface area contributed by atoms with E-state index in [1.807, 2.05) is 43.5 Å². The van der Waals surface area contributed by atoms with E-state index >= 15 is 0 Å². The Morgan fingerprint density at radius 3 is 2.43 bits per heavy atom. The number of pyridine rings is 1. The lowest BCUT2D eigenvalue weighted by Gasteiger charge is -2.34. The Bertz CT molecular complexity index is 1800. The van der Waals surface area contributed by atoms with Crippen molar-refractivity contribution in [3.8, 4) is 0 Å². The van der Waals surface area contributed by atoms with E-state index in [0.29, 0.717) is 47.4 Å². The maximum Gasteiger partial charge on any atom is 0.177 e. The van der Waals surface area contributed by atoms with Crippen LogP contribution in [0.25, 0.3) is 11.2 Å². The summed E-state index contributed by atoms with van der Waals surface area (Å²) in [5.41, 5.74) is 4.96. The van der Waals surface area contributed by atoms with Gasteiger partial charge in [0.2, 0.25) is 0 Å². The molecule has 0 spiro atoms. The third-order valence-electron chi connectivity index (χ3n) is 8.52. The van der Waals surface area contributed by atoms with Crippen LogP contribution < -0.4 is 10.6 Å². The zero-order valence-electron chi connectivity index (χ0n) is 26.3. The van der Waals surface area contributed by atoms with Crippen LogP contribution in [0, 0.1) is 26.2 Å². The molecule has 2 aliphatic rings. The van der Waals surface area contributed by atoms with Gasteiger partial charge in [-0.25, -0.2) is 23.4 Å². The van der Waals surface area contributed by atoms with Crippen LogP contribution in [0.15, 0.2) is 35.4 Å². The molecule has 2 fully saturated rings. The first-order valence-electron chi connectivity index (χ1n) is 15.2. The molecule has 2 N–H and O–H groups in total. The van der Waals surface area contributed by atoms with E-state index < -0.39 is 9.84 Å². The fourth-order valence-corrected chi connectivity index (χ4v) is 6.77. The molecule has 11 nitrogen and oxygen atoms in total. The Kier molecular flexibility index (Phi) is 8.10. The molecule has 4 aromatic rings. The summed E-state index contributed by atoms with van der Waals surface area (Å²) < 4.78 is 40.6. The molecule has 234 valence electrons. The summed E-state index contributed by atoms with van der Waals surface area (Å²) in [4.78, 5) is 19.1. The number of benzene rings is 1. The number of aryl methyl sites for hydroxylation is 3. The second-order valence-electron chi connectivity index (χ2n) is 12.8. The molecule has 12 heteroatoms. The van der Waals surface area contributed by atoms with Crippen LogP contribution in [0.5, 0.6) is 0 Å². The smallest absolute Gasteiger partial charge is 0.177 e. The number of anilines is 4. The van der Waals surface area contributed by atoms with Crippen LogP contribution >= 0.6 is 0 Å². The number of fused-ring (bicyclic) bond motifs is 1. The van der Waals surface area contributed by atoms with Gasteiger partial charge in [-0.05, 0) is 76.0 Å². The highest BCUT2D eigenvalue weighted by Gasteiger charge is 2.30. The van der Waals surface area contributed by atoms with Gasteiger partial charge in [0, 0.05) is 18.9 Å². The molecule has 2 unspecified atom stereocenters. The topological polar surface area (TPSA) is 133 Å². The lowest BCUT2D eigenvalue weighted by Crippen LogP contribution is -2.27. The number of nitrogens with zero attached hydrogens (tertiary/aromatic N) is 5. The minimum atomic E-state index is -3.59. The third-order valence-corrected chi connectivity index (χ3v) is 9.66. The van der Waals surface area contributed by atoms with E-state index in [1.54, 1.807) is 12.3 Å². The average molecular weight is 620 g/mol. The van der Waals surface area contributed by atoms with Crippen molar-refractivity contribution in [1.82, 2.24) is 24.5 Å². The van der Waals surface area contributed by atoms with Gasteiger partial charge < -0.3 is 20.1 Å². The summed E-state index contributed by atoms with van der Waals surface area (Å²) in [5.74, 6) is 1.84. The van der Waals surface area contributed by atoms with E-state index in [2.05, 4.69) is 34.4 Å². The monoisotopic (exact) mass is 619 g/mol. The number of hydrogen-bond acceptors (Lipinski definition) is 10. The van der Waals surface area contributed by atoms with Crippen molar-refractivity contribution in [1.29, 1.82) is 0 Å². The van der Waals surface area contributed by atoms with Crippen molar-refractivity contribution in [2.24, 2.45) is 5.41 Å². The first kappa shape index (κ1) is 30.4. The average Bonchev–Trinajstić information content (AvgIpc) is 3.31. The predicted octanol–water partition coefficient (Wildman–Crippen LogP) is 6.61. The van der Waals surface area contributed by atoms with Crippen molar-refractivity contribution >= 4 is 44.0 Å². The van der Waals surface area contributed by atoms with E-state index in [4.69, 9.17) is 19.4 Å². The second kappa shape index (κ2) is 11.7. The zero-order chi connectivity index (χ0) is 31.2. The van der Waals surface area contributed by atoms with Gasteiger partial charge in [-0.3, -0.25) is 9.55 Å². The molecule has 44 heavy (non-hydrogen) atoms. The summed E-state index contributed by atoms with van der Waals surface area (Å²) in [7, 11) is -3.59. The second-order valence-corrected chi connectivity index (χ2v) is 14.8. The van der Waals surface area contributed by atoms with Crippen LogP contribution in [0.3, 0.4) is 0 Å². The predicted molar refractivity (Wildman–Crippen MR) is 170 cm³/mol. The van der Waals surface area contributed by atoms with Crippen LogP contribution in [0.1, 0.15) is 81.1 Å². The van der Waals surface area contributed by atoms with Crippen molar-refractivity contribution in [3.05, 3.63) is 53.2 Å². The van der Waals surface area contributed by atoms with E-state index in [9.17, 15) is 8.42 Å². The first-order chi connectivity index (χ1) is 20.9. The molecule has 5 heterocycles. The maximum atomic E-state index is 13.1. The minimum Gasteiger partial charge on any atom is -0.373 e. The molecule has 0 saturated carbocycles. The van der Waals surface area contributed by atoms with E-state index in [0.717, 1.165) is 54.9 Å². The highest BCUT2D eigenvalue weighted by atomic mass is 32.2. The van der Waals surface area contributed by atoms with Crippen LogP contribution in [-0.2, 0) is 19.3 Å². The molecule has 2 saturated heterocycles. The molecule has 6 rings (SSSR count). The Labute approximate surface area is 258 Å². The number of hydrogen-bond donors (Lipinski definition) is 2. The van der Waals surface area contributed by atoms with E-state index in [1.165, 1.54) is 6.26 Å². The lowest BCUT2D eigenvalue weighted by molar-refractivity contribution is -0.0499. The van der Waals surface area contributed by atoms with E-state index in [-0.39, 0.29) is 22.6 Å². The summed E-state index contributed by atoms with van der Waals surface area (Å²) >= 11 is 0. The quantitative estimate of drug-likeness (QED) is 0.233. The Morgan fingerprint density at radius 2 is 1.75 bits per heavy atom. The van der Waals surface area contributed by atoms with Crippen molar-refractivity contribution in [2.45, 2.75) is 84.0 Å². The number of aromatic nitrogens is 5. The van der Waals surface area contributed by atoms with Gasteiger partial charge in [-0.2, -0.15) is 0 Å². The summed E-state index contributed by atoms with van der Waals surface area (Å²) in [6.07, 6.45) is 7.35. The van der Waals surface area contributed by atoms with Crippen LogP contribution in [0.4, 0.5) is 23.0 Å². The van der Waals surface area contributed by atoms with Gasteiger partial charge >= 0.3 is 0 Å². The number of nitrogens with one attached hydrogen (secondary N) is 2. The molecule has 0 radical (unpaired) electrons. The molecule has 0 amide bonds. The van der Waals surface area contributed by atoms with Crippen LogP contribution in [0.2, 0.25) is 0 Å². The van der Waals surface area contributed by atoms with Gasteiger partial charge in [0.1, 0.15) is 29.2 Å². The van der Waals surface area contributed by atoms with Crippen molar-refractivity contribution in [2.75, 3.05) is 30.1 Å². The molecule has 0 aliphatic carbocycles. The van der Waals surface area contributed by atoms with Gasteiger partial charge in [-0.15, -0.1) is 0 Å². The number of imidazole rings is 1. The standard InChI is InChI=1S/C32H41N7O4S/c1-19-20(2)34-28(17-33-19)37-27-16-24(30-31(38-27)39(21(3)35-30)29-9-7-8-14-42-29)36-23-11-10-22(15-26(23)44(6,40)41)25-12-13-32(4,5)18-43-25/h10-11,15-17,25,29H,7-9,12-14,18H2,1-6H3,(H2,34,36,37,38). The fraction of sp³-hybridized carbons (Fsp3) is 0.500. The molecule has 2 aliphatic heterocycles. The highest BCUT2D eigenvalue weighted by molar-refractivity contribution is 7.90. The number of sulfone groups is 1. The number of rotatable bonds is 7. The largest absolute Gasteiger partial charge is 0.373 e. The molecule has 3 aromatic heterocycles. The molecular formula is C32H41N7O4S. The molecule has 2 atom stereocenters. The van der Waals surface area contributed by atoms with Gasteiger partial charge in [0.15, 0.2) is 15.5 Å². The van der Waals surface area contributed by atoms with Crippen molar-refractivity contribution in [3.63, 3.8) is 0 Å². The van der Waals surface area contributed by atoms with Crippen LogP contribution in [-0.4, -0.2) is 52.4 Å². The first-order valence-corrected chi connectivity index (χ1v) is 17.1. The molecular weight excluding hydrogens is 578 g/mol.